The van der Waals surface area contributed by atoms with Crippen LogP contribution in [0.4, 0.5) is 17.6 Å². The molecule has 0 spiro atoms. The van der Waals surface area contributed by atoms with Gasteiger partial charge in [-0.15, -0.1) is 0 Å². The van der Waals surface area contributed by atoms with Crippen LogP contribution in [-0.4, -0.2) is 84.8 Å². The minimum Gasteiger partial charge on any atom is -0.497 e. The van der Waals surface area contributed by atoms with Gasteiger partial charge < -0.3 is 29.7 Å². The van der Waals surface area contributed by atoms with E-state index in [2.05, 4.69) is 5.32 Å². The van der Waals surface area contributed by atoms with E-state index in [0.717, 1.165) is 5.75 Å². The number of methoxy groups -OCH3 is 1. The predicted molar refractivity (Wildman–Crippen MR) is 142 cm³/mol. The van der Waals surface area contributed by atoms with E-state index in [4.69, 9.17) is 24.1 Å². The first kappa shape index (κ1) is 33.6. The third kappa shape index (κ3) is 12.2. The number of aliphatic carboxylic acids is 1. The van der Waals surface area contributed by atoms with Crippen LogP contribution in [0.25, 0.3) is 0 Å². The number of carbonyl (C=O) groups excluding carboxylic acids is 1. The average molecular weight is 589 g/mol. The number of ether oxygens (including phenoxy) is 3. The number of carbonyl (C=O) groups is 2. The number of hydrogen-bond acceptors (Lipinski definition) is 7. The van der Waals surface area contributed by atoms with Crippen molar-refractivity contribution in [2.75, 3.05) is 33.4 Å². The van der Waals surface area contributed by atoms with Gasteiger partial charge in [-0.1, -0.05) is 12.1 Å². The van der Waals surface area contributed by atoms with Crippen molar-refractivity contribution >= 4 is 11.9 Å². The zero-order chi connectivity index (χ0) is 30.6. The van der Waals surface area contributed by atoms with Crippen LogP contribution in [0.1, 0.15) is 38.4 Å². The lowest BCUT2D eigenvalue weighted by Gasteiger charge is -2.29. The van der Waals surface area contributed by atoms with Crippen LogP contribution in [0.15, 0.2) is 48.5 Å². The summed E-state index contributed by atoms with van der Waals surface area (Å²) < 4.78 is 61.9. The van der Waals surface area contributed by atoms with Crippen LogP contribution in [0.3, 0.4) is 0 Å². The first-order chi connectivity index (χ1) is 19.3. The summed E-state index contributed by atoms with van der Waals surface area (Å²) in [4.78, 5) is 23.5. The summed E-state index contributed by atoms with van der Waals surface area (Å²) in [7, 11) is 1.59. The summed E-state index contributed by atoms with van der Waals surface area (Å²) in [6.07, 6.45) is -6.26. The fourth-order valence-corrected chi connectivity index (χ4v) is 3.91. The summed E-state index contributed by atoms with van der Waals surface area (Å²) in [6, 6.07) is 13.7. The van der Waals surface area contributed by atoms with Gasteiger partial charge >= 0.3 is 12.1 Å². The molecule has 1 aliphatic rings. The minimum absolute atomic E-state index is 0.0479. The number of carboxylic acids is 1. The number of halogens is 4. The molecule has 3 atom stereocenters. The maximum Gasteiger partial charge on any atom is 0.490 e. The number of alkyl halides is 4. The molecule has 1 aliphatic heterocycles. The van der Waals surface area contributed by atoms with E-state index in [1.807, 2.05) is 18.7 Å². The number of nitrogens with zero attached hydrogens (tertiary/aromatic N) is 1. The maximum atomic E-state index is 13.7. The Morgan fingerprint density at radius 1 is 1.05 bits per heavy atom. The van der Waals surface area contributed by atoms with Gasteiger partial charge in [-0.2, -0.15) is 13.2 Å². The molecule has 0 aliphatic carbocycles. The molecule has 41 heavy (non-hydrogen) atoms. The van der Waals surface area contributed by atoms with Crippen molar-refractivity contribution in [2.24, 2.45) is 0 Å². The van der Waals surface area contributed by atoms with Gasteiger partial charge in [-0.3, -0.25) is 9.69 Å². The van der Waals surface area contributed by atoms with Crippen molar-refractivity contribution in [3.05, 3.63) is 54.1 Å². The van der Waals surface area contributed by atoms with Gasteiger partial charge in [0.05, 0.1) is 32.3 Å². The molecule has 9 nitrogen and oxygen atoms in total. The van der Waals surface area contributed by atoms with Gasteiger partial charge in [-0.25, -0.2) is 9.18 Å². The Labute approximate surface area is 236 Å². The first-order valence-corrected chi connectivity index (χ1v) is 13.0. The Morgan fingerprint density at radius 3 is 2.10 bits per heavy atom. The Morgan fingerprint density at radius 2 is 1.61 bits per heavy atom. The molecule has 0 radical (unpaired) electrons. The van der Waals surface area contributed by atoms with Gasteiger partial charge in [-0.05, 0) is 62.2 Å². The molecule has 228 valence electrons. The molecule has 0 bridgehead atoms. The zero-order valence-corrected chi connectivity index (χ0v) is 23.1. The molecule has 3 N–H and O–H groups in total. The monoisotopic (exact) mass is 588 g/mol. The van der Waals surface area contributed by atoms with E-state index in [0.29, 0.717) is 43.1 Å². The number of nitrogens with one attached hydrogen (secondary N) is 1. The number of amides is 1. The van der Waals surface area contributed by atoms with Crippen molar-refractivity contribution in [1.82, 2.24) is 10.2 Å². The highest BCUT2D eigenvalue weighted by atomic mass is 19.4. The molecule has 1 heterocycles. The largest absolute Gasteiger partial charge is 0.497 e. The van der Waals surface area contributed by atoms with Crippen molar-refractivity contribution in [1.29, 1.82) is 0 Å². The van der Waals surface area contributed by atoms with Crippen molar-refractivity contribution in [3.63, 3.8) is 0 Å². The average Bonchev–Trinajstić information content (AvgIpc) is 3.32. The summed E-state index contributed by atoms with van der Waals surface area (Å²) >= 11 is 0. The van der Waals surface area contributed by atoms with E-state index in [9.17, 15) is 27.5 Å². The van der Waals surface area contributed by atoms with Crippen LogP contribution in [0, 0.1) is 0 Å². The van der Waals surface area contributed by atoms with E-state index in [-0.39, 0.29) is 25.0 Å². The SMILES string of the molecule is COc1ccc(OCCC(=O)N[C@H](CN2CC[C@@H](F)C2)[C@H](O)c2ccc(OC(C)C)cc2)cc1.O=C(O)C(F)(F)F. The molecule has 2 aromatic rings. The highest BCUT2D eigenvalue weighted by molar-refractivity contribution is 5.76. The topological polar surface area (TPSA) is 118 Å². The summed E-state index contributed by atoms with van der Waals surface area (Å²) in [6.45, 7) is 5.35. The lowest BCUT2D eigenvalue weighted by atomic mass is 10.0. The van der Waals surface area contributed by atoms with Gasteiger partial charge in [0.1, 0.15) is 29.5 Å². The van der Waals surface area contributed by atoms with Gasteiger partial charge in [0, 0.05) is 19.6 Å². The molecule has 0 unspecified atom stereocenters. The van der Waals surface area contributed by atoms with E-state index in [1.165, 1.54) is 0 Å². The minimum atomic E-state index is -5.08. The Balaban J connectivity index is 0.000000745. The van der Waals surface area contributed by atoms with Crippen LogP contribution in [0.5, 0.6) is 17.2 Å². The smallest absolute Gasteiger partial charge is 0.490 e. The third-order valence-electron chi connectivity index (χ3n) is 5.89. The van der Waals surface area contributed by atoms with Crippen LogP contribution < -0.4 is 19.5 Å². The lowest BCUT2D eigenvalue weighted by molar-refractivity contribution is -0.192. The number of aliphatic hydroxyl groups is 1. The number of benzene rings is 2. The first-order valence-electron chi connectivity index (χ1n) is 13.0. The Kier molecular flexibility index (Phi) is 13.1. The molecule has 1 amide bonds. The van der Waals surface area contributed by atoms with Crippen LogP contribution >= 0.6 is 0 Å². The van der Waals surface area contributed by atoms with Crippen LogP contribution in [-0.2, 0) is 9.59 Å². The normalized spacial score (nSPS) is 16.8. The Bertz CT molecular complexity index is 1080. The van der Waals surface area contributed by atoms with Gasteiger partial charge in [0.2, 0.25) is 5.91 Å². The molecule has 0 aromatic heterocycles. The van der Waals surface area contributed by atoms with E-state index >= 15 is 0 Å². The number of likely N-dealkylation sites (tertiary alicyclic amines) is 1. The summed E-state index contributed by atoms with van der Waals surface area (Å²) in [5.74, 6) is -0.925. The number of aliphatic hydroxyl groups excluding tert-OH is 1. The second-order valence-electron chi connectivity index (χ2n) is 9.58. The quantitative estimate of drug-likeness (QED) is 0.317. The summed E-state index contributed by atoms with van der Waals surface area (Å²) in [5, 5.41) is 21.1. The fraction of sp³-hybridized carbons (Fsp3) is 0.500. The summed E-state index contributed by atoms with van der Waals surface area (Å²) in [5.41, 5.74) is 0.659. The highest BCUT2D eigenvalue weighted by Gasteiger charge is 2.38. The molecular formula is C28H36F4N2O7. The van der Waals surface area contributed by atoms with Gasteiger partial charge in [0.25, 0.3) is 0 Å². The van der Waals surface area contributed by atoms with Crippen molar-refractivity contribution in [3.8, 4) is 17.2 Å². The standard InChI is InChI=1S/C26H35FN2O5.C2HF3O2/c1-18(2)34-23-6-4-19(5-7-23)26(31)24(17-29-14-12-20(27)16-29)28-25(30)13-15-33-22-10-8-21(32-3)9-11-22;3-2(4,5)1(6)7/h4-11,18,20,24,26,31H,12-17H2,1-3H3,(H,28,30);(H,6,7)/t20-,24-,26-;/m1./s1. The van der Waals surface area contributed by atoms with Gasteiger partial charge in [0.15, 0.2) is 0 Å². The number of rotatable bonds is 12. The second-order valence-corrected chi connectivity index (χ2v) is 9.58. The van der Waals surface area contributed by atoms with E-state index in [1.54, 1.807) is 55.6 Å². The Hall–Kier alpha value is -3.58. The fourth-order valence-electron chi connectivity index (χ4n) is 3.91. The molecule has 0 saturated carbocycles. The number of hydrogen-bond donors (Lipinski definition) is 3. The molecular weight excluding hydrogens is 552 g/mol. The molecule has 13 heteroatoms. The maximum absolute atomic E-state index is 13.7. The molecule has 3 rings (SSSR count). The lowest BCUT2D eigenvalue weighted by Crippen LogP contribution is -2.47. The second kappa shape index (κ2) is 16.0. The van der Waals surface area contributed by atoms with Crippen molar-refractivity contribution < 1.29 is 51.6 Å². The number of carboxylic acid groups (broad SMARTS) is 1. The highest BCUT2D eigenvalue weighted by Crippen LogP contribution is 2.24. The zero-order valence-electron chi connectivity index (χ0n) is 23.1. The van der Waals surface area contributed by atoms with Crippen molar-refractivity contribution in [2.45, 2.75) is 57.3 Å². The van der Waals surface area contributed by atoms with Crippen LogP contribution in [0.2, 0.25) is 0 Å². The third-order valence-corrected chi connectivity index (χ3v) is 5.89. The molecule has 1 saturated heterocycles. The molecule has 2 aromatic carbocycles. The molecule has 1 fully saturated rings. The van der Waals surface area contributed by atoms with E-state index < -0.39 is 30.5 Å². The predicted octanol–water partition coefficient (Wildman–Crippen LogP) is 4.15.